The largest absolute Gasteiger partial charge is 0.493 e. The van der Waals surface area contributed by atoms with E-state index in [1.54, 1.807) is 13.2 Å². The summed E-state index contributed by atoms with van der Waals surface area (Å²) >= 11 is 0. The average molecular weight is 249 g/mol. The zero-order chi connectivity index (χ0) is 12.8. The summed E-state index contributed by atoms with van der Waals surface area (Å²) in [5, 5.41) is 0. The highest BCUT2D eigenvalue weighted by Crippen LogP contribution is 2.30. The lowest BCUT2D eigenvalue weighted by molar-refractivity contribution is 0.138. The van der Waals surface area contributed by atoms with E-state index in [9.17, 15) is 4.79 Å². The molecule has 1 fully saturated rings. The zero-order valence-electron chi connectivity index (χ0n) is 10.2. The number of hydrogen-bond acceptors (Lipinski definition) is 5. The van der Waals surface area contributed by atoms with Crippen LogP contribution < -0.4 is 9.47 Å². The van der Waals surface area contributed by atoms with Gasteiger partial charge in [-0.2, -0.15) is 0 Å². The Labute approximate surface area is 105 Å². The lowest BCUT2D eigenvalue weighted by atomic mass is 10.2. The van der Waals surface area contributed by atoms with Gasteiger partial charge in [0.25, 0.3) is 0 Å². The molecule has 1 atom stereocenters. The van der Waals surface area contributed by atoms with E-state index < -0.39 is 0 Å². The van der Waals surface area contributed by atoms with Crippen molar-refractivity contribution < 1.29 is 19.0 Å². The van der Waals surface area contributed by atoms with Crippen LogP contribution >= 0.6 is 0 Å². The Morgan fingerprint density at radius 3 is 3.06 bits per heavy atom. The van der Waals surface area contributed by atoms with Gasteiger partial charge in [0, 0.05) is 6.42 Å². The summed E-state index contributed by atoms with van der Waals surface area (Å²) in [7, 11) is 1.59. The van der Waals surface area contributed by atoms with Crippen molar-refractivity contribution in [1.29, 1.82) is 0 Å². The fourth-order valence-corrected chi connectivity index (χ4v) is 1.82. The maximum Gasteiger partial charge on any atom is 0.235 e. The molecule has 0 N–H and O–H groups in total. The van der Waals surface area contributed by atoms with E-state index in [2.05, 4.69) is 4.99 Å². The molecule has 1 unspecified atom stereocenters. The molecule has 1 aliphatic heterocycles. The summed E-state index contributed by atoms with van der Waals surface area (Å²) in [6, 6.07) is 5.48. The van der Waals surface area contributed by atoms with Gasteiger partial charge in [-0.3, -0.25) is 0 Å². The van der Waals surface area contributed by atoms with E-state index in [1.807, 2.05) is 12.1 Å². The zero-order valence-corrected chi connectivity index (χ0v) is 10.2. The predicted molar refractivity (Wildman–Crippen MR) is 64.7 cm³/mol. The molecule has 0 aliphatic carbocycles. The third-order valence-electron chi connectivity index (χ3n) is 2.74. The molecule has 0 radical (unpaired) electrons. The highest BCUT2D eigenvalue weighted by atomic mass is 16.6. The Bertz CT molecular complexity index is 448. The van der Waals surface area contributed by atoms with Crippen LogP contribution in [0, 0.1) is 0 Å². The third kappa shape index (κ3) is 3.09. The van der Waals surface area contributed by atoms with Gasteiger partial charge in [-0.25, -0.2) is 9.79 Å². The van der Waals surface area contributed by atoms with Crippen molar-refractivity contribution in [2.75, 3.05) is 20.3 Å². The number of rotatable bonds is 5. The lowest BCUT2D eigenvalue weighted by Gasteiger charge is -2.15. The van der Waals surface area contributed by atoms with Crippen molar-refractivity contribution in [3.8, 4) is 11.5 Å². The van der Waals surface area contributed by atoms with Gasteiger partial charge in [0.2, 0.25) is 6.08 Å². The molecule has 0 saturated carbocycles. The van der Waals surface area contributed by atoms with E-state index in [-0.39, 0.29) is 6.10 Å². The maximum atomic E-state index is 10.1. The molecule has 1 saturated heterocycles. The van der Waals surface area contributed by atoms with Gasteiger partial charge in [0.1, 0.15) is 6.10 Å². The van der Waals surface area contributed by atoms with Crippen LogP contribution in [-0.2, 0) is 16.1 Å². The van der Waals surface area contributed by atoms with E-state index in [1.165, 1.54) is 6.08 Å². The average Bonchev–Trinajstić information content (AvgIpc) is 2.89. The van der Waals surface area contributed by atoms with Crippen LogP contribution in [0.2, 0.25) is 0 Å². The van der Waals surface area contributed by atoms with Gasteiger partial charge >= 0.3 is 0 Å². The highest BCUT2D eigenvalue weighted by molar-refractivity contribution is 5.43. The molecule has 1 aliphatic rings. The minimum absolute atomic E-state index is 0.0590. The third-order valence-corrected chi connectivity index (χ3v) is 2.74. The van der Waals surface area contributed by atoms with E-state index in [0.717, 1.165) is 18.6 Å². The van der Waals surface area contributed by atoms with E-state index in [0.29, 0.717) is 24.7 Å². The molecule has 2 rings (SSSR count). The van der Waals surface area contributed by atoms with Gasteiger partial charge in [-0.1, -0.05) is 6.07 Å². The van der Waals surface area contributed by atoms with Crippen LogP contribution in [0.1, 0.15) is 12.0 Å². The molecule has 18 heavy (non-hydrogen) atoms. The molecule has 96 valence electrons. The second-order valence-electron chi connectivity index (χ2n) is 4.00. The molecule has 1 aromatic carbocycles. The summed E-state index contributed by atoms with van der Waals surface area (Å²) in [5.41, 5.74) is 0.882. The summed E-state index contributed by atoms with van der Waals surface area (Å²) in [5.74, 6) is 1.33. The van der Waals surface area contributed by atoms with Gasteiger partial charge in [-0.05, 0) is 17.7 Å². The molecule has 5 heteroatoms. The summed E-state index contributed by atoms with van der Waals surface area (Å²) in [6.45, 7) is 1.62. The van der Waals surface area contributed by atoms with Crippen LogP contribution in [0.3, 0.4) is 0 Å². The van der Waals surface area contributed by atoms with Crippen molar-refractivity contribution >= 4 is 6.08 Å². The number of benzene rings is 1. The second-order valence-corrected chi connectivity index (χ2v) is 4.00. The van der Waals surface area contributed by atoms with Crippen LogP contribution in [0.25, 0.3) is 0 Å². The first-order valence-electron chi connectivity index (χ1n) is 5.78. The van der Waals surface area contributed by atoms with Gasteiger partial charge < -0.3 is 14.2 Å². The first-order chi connectivity index (χ1) is 8.83. The Morgan fingerprint density at radius 1 is 1.50 bits per heavy atom. The molecule has 0 aromatic heterocycles. The van der Waals surface area contributed by atoms with Crippen molar-refractivity contribution in [2.45, 2.75) is 19.1 Å². The maximum absolute atomic E-state index is 10.1. The molecule has 1 heterocycles. The molecular weight excluding hydrogens is 234 g/mol. The van der Waals surface area contributed by atoms with E-state index in [4.69, 9.17) is 14.2 Å². The SMILES string of the molecule is COc1ccc(CN=C=O)cc1OC1CCOC1. The lowest BCUT2D eigenvalue weighted by Crippen LogP contribution is -2.16. The minimum atomic E-state index is 0.0590. The summed E-state index contributed by atoms with van der Waals surface area (Å²) < 4.78 is 16.3. The Balaban J connectivity index is 2.15. The molecular formula is C13H15NO4. The number of isocyanates is 1. The quantitative estimate of drug-likeness (QED) is 0.588. The number of ether oxygens (including phenoxy) is 3. The number of carbonyl (C=O) groups excluding carboxylic acids is 1. The molecule has 0 bridgehead atoms. The van der Waals surface area contributed by atoms with Crippen LogP contribution in [-0.4, -0.2) is 32.5 Å². The van der Waals surface area contributed by atoms with Gasteiger partial charge in [-0.15, -0.1) is 0 Å². The van der Waals surface area contributed by atoms with Gasteiger partial charge in [0.05, 0.1) is 26.9 Å². The highest BCUT2D eigenvalue weighted by Gasteiger charge is 2.19. The smallest absolute Gasteiger partial charge is 0.235 e. The summed E-state index contributed by atoms with van der Waals surface area (Å²) in [6.07, 6.45) is 2.45. The van der Waals surface area contributed by atoms with Crippen molar-refractivity contribution in [2.24, 2.45) is 4.99 Å². The van der Waals surface area contributed by atoms with Crippen molar-refractivity contribution in [1.82, 2.24) is 0 Å². The number of nitrogens with zero attached hydrogens (tertiary/aromatic N) is 1. The Hall–Kier alpha value is -1.84. The number of hydrogen-bond donors (Lipinski definition) is 0. The van der Waals surface area contributed by atoms with Crippen LogP contribution in [0.15, 0.2) is 23.2 Å². The first-order valence-corrected chi connectivity index (χ1v) is 5.78. The fraction of sp³-hybridized carbons (Fsp3) is 0.462. The van der Waals surface area contributed by atoms with Crippen LogP contribution in [0.5, 0.6) is 11.5 Å². The standard InChI is InChI=1S/C13H15NO4/c1-16-12-3-2-10(7-14-9-15)6-13(12)18-11-4-5-17-8-11/h2-3,6,11H,4-5,7-8H2,1H3. The molecule has 0 amide bonds. The number of aliphatic imine (C=N–C) groups is 1. The van der Waals surface area contributed by atoms with E-state index >= 15 is 0 Å². The molecule has 0 spiro atoms. The summed E-state index contributed by atoms with van der Waals surface area (Å²) in [4.78, 5) is 13.6. The Morgan fingerprint density at radius 2 is 2.39 bits per heavy atom. The topological polar surface area (TPSA) is 57.1 Å². The Kier molecular flexibility index (Phi) is 4.34. The molecule has 5 nitrogen and oxygen atoms in total. The number of methoxy groups -OCH3 is 1. The monoisotopic (exact) mass is 249 g/mol. The van der Waals surface area contributed by atoms with Crippen molar-refractivity contribution in [3.05, 3.63) is 23.8 Å². The molecule has 1 aromatic rings. The van der Waals surface area contributed by atoms with Crippen molar-refractivity contribution in [3.63, 3.8) is 0 Å². The second kappa shape index (κ2) is 6.19. The first kappa shape index (κ1) is 12.6. The normalized spacial score (nSPS) is 18.2. The fourth-order valence-electron chi connectivity index (χ4n) is 1.82. The van der Waals surface area contributed by atoms with Gasteiger partial charge in [0.15, 0.2) is 11.5 Å². The van der Waals surface area contributed by atoms with Crippen LogP contribution in [0.4, 0.5) is 0 Å². The predicted octanol–water partition coefficient (Wildman–Crippen LogP) is 1.70. The minimum Gasteiger partial charge on any atom is -0.493 e.